The first-order valence-electron chi connectivity index (χ1n) is 7.98. The topological polar surface area (TPSA) is 59.5 Å². The van der Waals surface area contributed by atoms with Crippen molar-refractivity contribution in [2.75, 3.05) is 20.7 Å². The van der Waals surface area contributed by atoms with Crippen LogP contribution < -0.4 is 0 Å². The van der Waals surface area contributed by atoms with E-state index >= 15 is 0 Å². The highest BCUT2D eigenvalue weighted by Crippen LogP contribution is 2.32. The van der Waals surface area contributed by atoms with Crippen molar-refractivity contribution in [3.05, 3.63) is 59.7 Å². The maximum Gasteiger partial charge on any atom is 0.338 e. The van der Waals surface area contributed by atoms with E-state index in [1.54, 1.807) is 49.3 Å². The number of rotatable bonds is 6. The van der Waals surface area contributed by atoms with Crippen molar-refractivity contribution in [1.82, 2.24) is 9.88 Å². The molecule has 1 amide bonds. The first-order chi connectivity index (χ1) is 12.5. The molecule has 0 aliphatic heterocycles. The van der Waals surface area contributed by atoms with Crippen molar-refractivity contribution >= 4 is 45.2 Å². The third-order valence-electron chi connectivity index (χ3n) is 3.69. The largest absolute Gasteiger partial charge is 0.452 e. The van der Waals surface area contributed by atoms with Gasteiger partial charge in [0.05, 0.1) is 15.8 Å². The molecule has 0 saturated carbocycles. The summed E-state index contributed by atoms with van der Waals surface area (Å²) in [6.45, 7) is -0.259. The van der Waals surface area contributed by atoms with Crippen molar-refractivity contribution in [1.29, 1.82) is 0 Å². The molecule has 0 radical (unpaired) electrons. The van der Waals surface area contributed by atoms with E-state index in [2.05, 4.69) is 4.98 Å². The number of hydrogen-bond donors (Lipinski definition) is 0. The van der Waals surface area contributed by atoms with Gasteiger partial charge in [-0.05, 0) is 23.8 Å². The molecular weight excluding hydrogens is 368 g/mol. The molecule has 26 heavy (non-hydrogen) atoms. The lowest BCUT2D eigenvalue weighted by atomic mass is 10.1. The number of thioether (sulfide) groups is 1. The SMILES string of the molecule is CN(C)C(=O)COC(=O)c1ccccc1CSc1nc2ccccc2s1. The second kappa shape index (κ2) is 8.33. The summed E-state index contributed by atoms with van der Waals surface area (Å²) < 4.78 is 7.24. The number of fused-ring (bicyclic) bond motifs is 1. The van der Waals surface area contributed by atoms with Gasteiger partial charge in [0.15, 0.2) is 10.9 Å². The van der Waals surface area contributed by atoms with Crippen LogP contribution in [0.25, 0.3) is 10.2 Å². The number of likely N-dealkylation sites (N-methyl/N-ethyl adjacent to an activating group) is 1. The van der Waals surface area contributed by atoms with Crippen LogP contribution in [0.15, 0.2) is 52.9 Å². The Morgan fingerprint density at radius 3 is 2.62 bits per heavy atom. The summed E-state index contributed by atoms with van der Waals surface area (Å²) in [5, 5.41) is 0. The van der Waals surface area contributed by atoms with Crippen LogP contribution in [0.2, 0.25) is 0 Å². The molecule has 0 saturated heterocycles. The molecule has 2 aromatic carbocycles. The predicted octanol–water partition coefficient (Wildman–Crippen LogP) is 3.83. The molecule has 5 nitrogen and oxygen atoms in total. The fourth-order valence-corrected chi connectivity index (χ4v) is 4.30. The number of aromatic nitrogens is 1. The van der Waals surface area contributed by atoms with Crippen molar-refractivity contribution in [2.24, 2.45) is 0 Å². The van der Waals surface area contributed by atoms with Crippen molar-refractivity contribution in [3.8, 4) is 0 Å². The molecule has 0 aliphatic rings. The quantitative estimate of drug-likeness (QED) is 0.476. The summed E-state index contributed by atoms with van der Waals surface area (Å²) >= 11 is 3.22. The Bertz CT molecular complexity index is 904. The van der Waals surface area contributed by atoms with Gasteiger partial charge in [-0.2, -0.15) is 0 Å². The summed E-state index contributed by atoms with van der Waals surface area (Å²) in [5.74, 6) is -0.132. The summed E-state index contributed by atoms with van der Waals surface area (Å²) in [6.07, 6.45) is 0. The van der Waals surface area contributed by atoms with E-state index in [0.717, 1.165) is 20.1 Å². The Hall–Kier alpha value is -2.38. The number of thiazole rings is 1. The number of para-hydroxylation sites is 1. The number of esters is 1. The van der Waals surface area contributed by atoms with Crippen molar-refractivity contribution in [3.63, 3.8) is 0 Å². The maximum absolute atomic E-state index is 12.3. The molecule has 1 heterocycles. The lowest BCUT2D eigenvalue weighted by Crippen LogP contribution is -2.27. The monoisotopic (exact) mass is 386 g/mol. The molecule has 0 fully saturated rings. The zero-order valence-corrected chi connectivity index (χ0v) is 16.1. The van der Waals surface area contributed by atoms with Gasteiger partial charge in [0, 0.05) is 19.8 Å². The zero-order valence-electron chi connectivity index (χ0n) is 14.5. The van der Waals surface area contributed by atoms with Crippen LogP contribution in [0.3, 0.4) is 0 Å². The van der Waals surface area contributed by atoms with Crippen LogP contribution >= 0.6 is 23.1 Å². The number of amides is 1. The summed E-state index contributed by atoms with van der Waals surface area (Å²) in [6, 6.07) is 15.3. The fraction of sp³-hybridized carbons (Fsp3) is 0.211. The van der Waals surface area contributed by atoms with Gasteiger partial charge in [0.25, 0.3) is 5.91 Å². The Morgan fingerprint density at radius 2 is 1.85 bits per heavy atom. The van der Waals surface area contributed by atoms with Crippen LogP contribution in [0.4, 0.5) is 0 Å². The molecule has 0 atom stereocenters. The van der Waals surface area contributed by atoms with Crippen LogP contribution in [0.1, 0.15) is 15.9 Å². The summed E-state index contributed by atoms with van der Waals surface area (Å²) in [4.78, 5) is 29.9. The van der Waals surface area contributed by atoms with Crippen LogP contribution in [-0.4, -0.2) is 42.5 Å². The second-order valence-corrected chi connectivity index (χ2v) is 8.01. The second-order valence-electron chi connectivity index (χ2n) is 5.76. The van der Waals surface area contributed by atoms with Gasteiger partial charge in [0.1, 0.15) is 0 Å². The summed E-state index contributed by atoms with van der Waals surface area (Å²) in [7, 11) is 3.25. The number of hydrogen-bond acceptors (Lipinski definition) is 6. The van der Waals surface area contributed by atoms with E-state index in [0.29, 0.717) is 11.3 Å². The average Bonchev–Trinajstić information content (AvgIpc) is 3.07. The molecule has 1 aromatic heterocycles. The van der Waals surface area contributed by atoms with Gasteiger partial charge < -0.3 is 9.64 Å². The highest BCUT2D eigenvalue weighted by atomic mass is 32.2. The lowest BCUT2D eigenvalue weighted by molar-refractivity contribution is -0.131. The minimum atomic E-state index is -0.485. The first kappa shape index (κ1) is 18.4. The summed E-state index contributed by atoms with van der Waals surface area (Å²) in [5.41, 5.74) is 2.32. The lowest BCUT2D eigenvalue weighted by Gasteiger charge is -2.12. The molecule has 0 aliphatic carbocycles. The van der Waals surface area contributed by atoms with Crippen LogP contribution in [-0.2, 0) is 15.3 Å². The number of carbonyl (C=O) groups is 2. The Labute approximate surface area is 160 Å². The first-order valence-corrected chi connectivity index (χ1v) is 9.78. The van der Waals surface area contributed by atoms with Gasteiger partial charge in [-0.1, -0.05) is 42.1 Å². The molecule has 0 spiro atoms. The number of nitrogens with zero attached hydrogens (tertiary/aromatic N) is 2. The van der Waals surface area contributed by atoms with E-state index in [1.165, 1.54) is 4.90 Å². The van der Waals surface area contributed by atoms with Gasteiger partial charge >= 0.3 is 5.97 Å². The van der Waals surface area contributed by atoms with Gasteiger partial charge in [-0.3, -0.25) is 4.79 Å². The smallest absolute Gasteiger partial charge is 0.338 e. The molecule has 0 bridgehead atoms. The highest BCUT2D eigenvalue weighted by molar-refractivity contribution is 8.00. The molecule has 0 N–H and O–H groups in total. The fourth-order valence-electron chi connectivity index (χ4n) is 2.23. The third kappa shape index (κ3) is 4.42. The normalized spacial score (nSPS) is 10.7. The standard InChI is InChI=1S/C19H18N2O3S2/c1-21(2)17(22)11-24-18(23)14-8-4-3-7-13(14)12-25-19-20-15-9-5-6-10-16(15)26-19/h3-10H,11-12H2,1-2H3. The van der Waals surface area contributed by atoms with E-state index in [-0.39, 0.29) is 12.5 Å². The molecule has 3 aromatic rings. The Morgan fingerprint density at radius 1 is 1.12 bits per heavy atom. The maximum atomic E-state index is 12.3. The number of ether oxygens (including phenoxy) is 1. The van der Waals surface area contributed by atoms with Crippen LogP contribution in [0.5, 0.6) is 0 Å². The zero-order chi connectivity index (χ0) is 18.5. The molecule has 0 unspecified atom stereocenters. The minimum absolute atomic E-state index is 0.250. The Kier molecular flexibility index (Phi) is 5.90. The van der Waals surface area contributed by atoms with E-state index in [4.69, 9.17) is 4.74 Å². The van der Waals surface area contributed by atoms with Crippen LogP contribution in [0, 0.1) is 0 Å². The molecule has 3 rings (SSSR count). The van der Waals surface area contributed by atoms with Gasteiger partial charge in [0.2, 0.25) is 0 Å². The Balaban J connectivity index is 1.68. The predicted molar refractivity (Wildman–Crippen MR) is 105 cm³/mol. The van der Waals surface area contributed by atoms with Gasteiger partial charge in [-0.25, -0.2) is 9.78 Å². The third-order valence-corrected chi connectivity index (χ3v) is 5.92. The van der Waals surface area contributed by atoms with Crippen molar-refractivity contribution in [2.45, 2.75) is 10.1 Å². The molecular formula is C19H18N2O3S2. The molecule has 7 heteroatoms. The average molecular weight is 386 g/mol. The highest BCUT2D eigenvalue weighted by Gasteiger charge is 2.15. The number of carbonyl (C=O) groups excluding carboxylic acids is 2. The minimum Gasteiger partial charge on any atom is -0.452 e. The van der Waals surface area contributed by atoms with Gasteiger partial charge in [-0.15, -0.1) is 11.3 Å². The van der Waals surface area contributed by atoms with Crippen molar-refractivity contribution < 1.29 is 14.3 Å². The van der Waals surface area contributed by atoms with E-state index in [1.807, 2.05) is 36.4 Å². The number of benzene rings is 2. The molecule has 134 valence electrons. The van der Waals surface area contributed by atoms with E-state index in [9.17, 15) is 9.59 Å². The van der Waals surface area contributed by atoms with E-state index < -0.39 is 5.97 Å².